The molecule has 0 atom stereocenters. The molecule has 3 aromatic carbocycles. The maximum atomic E-state index is 12.7. The van der Waals surface area contributed by atoms with Crippen molar-refractivity contribution in [2.75, 3.05) is 13.2 Å². The summed E-state index contributed by atoms with van der Waals surface area (Å²) in [5.41, 5.74) is 2.41. The molecule has 0 saturated carbocycles. The number of aliphatic imine (C=N–C) groups is 1. The molecule has 3 aromatic rings. The predicted molar refractivity (Wildman–Crippen MR) is 163 cm³/mol. The maximum Gasteiger partial charge on any atom is 0.344 e. The van der Waals surface area contributed by atoms with Gasteiger partial charge in [-0.05, 0) is 90.0 Å². The topological polar surface area (TPSA) is 115 Å². The van der Waals surface area contributed by atoms with E-state index in [2.05, 4.69) is 27.6 Å². The molecule has 10 heteroatoms. The largest absolute Gasteiger partial charge is 0.506 e. The molecule has 0 spiro atoms. The minimum absolute atomic E-state index is 0.0237. The minimum atomic E-state index is -0.987. The van der Waals surface area contributed by atoms with Crippen molar-refractivity contribution in [3.05, 3.63) is 103 Å². The first kappa shape index (κ1) is 29.2. The Morgan fingerprint density at radius 2 is 1.73 bits per heavy atom. The lowest BCUT2D eigenvalue weighted by molar-refractivity contribution is -0.138. The van der Waals surface area contributed by atoms with Crippen LogP contribution in [-0.2, 0) is 16.1 Å². The third kappa shape index (κ3) is 7.05. The first-order valence-electron chi connectivity index (χ1n) is 12.4. The molecule has 206 valence electrons. The van der Waals surface area contributed by atoms with Crippen LogP contribution in [0.4, 0.5) is 5.69 Å². The fourth-order valence-electron chi connectivity index (χ4n) is 3.74. The number of para-hydroxylation sites is 1. The Morgan fingerprint density at radius 1 is 1.00 bits per heavy atom. The van der Waals surface area contributed by atoms with Gasteiger partial charge in [0.25, 0.3) is 0 Å². The van der Waals surface area contributed by atoms with Crippen LogP contribution in [0.1, 0.15) is 35.3 Å². The number of carbonyl (C=O) groups is 2. The van der Waals surface area contributed by atoms with Crippen LogP contribution in [0.15, 0.2) is 88.0 Å². The van der Waals surface area contributed by atoms with Crippen LogP contribution in [0.5, 0.6) is 11.5 Å². The Labute approximate surface area is 249 Å². The molecule has 0 bridgehead atoms. The van der Waals surface area contributed by atoms with Crippen LogP contribution in [-0.4, -0.2) is 40.4 Å². The SMILES string of the molecule is CCOC(=O)C1=C(O)/C(=C/c2cc(I)c(OCc3ccc(C(=O)O)cc3)c(OCC)c2)SC1=Nc1ccccc1. The monoisotopic (exact) mass is 671 g/mol. The summed E-state index contributed by atoms with van der Waals surface area (Å²) in [5.74, 6) is -0.769. The third-order valence-corrected chi connectivity index (χ3v) is 7.39. The van der Waals surface area contributed by atoms with Gasteiger partial charge in [0.05, 0.1) is 32.9 Å². The number of esters is 1. The van der Waals surface area contributed by atoms with Crippen LogP contribution in [0.2, 0.25) is 0 Å². The highest BCUT2D eigenvalue weighted by Gasteiger charge is 2.33. The van der Waals surface area contributed by atoms with Crippen molar-refractivity contribution in [3.63, 3.8) is 0 Å². The number of halogens is 1. The van der Waals surface area contributed by atoms with Gasteiger partial charge < -0.3 is 24.4 Å². The molecule has 2 N–H and O–H groups in total. The number of aliphatic hydroxyl groups is 1. The van der Waals surface area contributed by atoms with Crippen LogP contribution in [0.25, 0.3) is 6.08 Å². The second-order valence-corrected chi connectivity index (χ2v) is 10.6. The zero-order chi connectivity index (χ0) is 28.6. The van der Waals surface area contributed by atoms with E-state index < -0.39 is 11.9 Å². The lowest BCUT2D eigenvalue weighted by Gasteiger charge is -2.15. The fraction of sp³-hybridized carbons (Fsp3) is 0.167. The first-order valence-corrected chi connectivity index (χ1v) is 14.3. The molecular weight excluding hydrogens is 645 g/mol. The van der Waals surface area contributed by atoms with Gasteiger partial charge in [0.1, 0.15) is 23.0 Å². The number of nitrogens with zero attached hydrogens (tertiary/aromatic N) is 1. The number of carboxylic acids is 1. The number of carbonyl (C=O) groups excluding carboxylic acids is 1. The Bertz CT molecular complexity index is 1500. The fourth-order valence-corrected chi connectivity index (χ4v) is 5.55. The average Bonchev–Trinajstić information content (AvgIpc) is 3.23. The van der Waals surface area contributed by atoms with Gasteiger partial charge in [-0.15, -0.1) is 0 Å². The van der Waals surface area contributed by atoms with E-state index in [1.54, 1.807) is 31.2 Å². The third-order valence-electron chi connectivity index (χ3n) is 5.57. The lowest BCUT2D eigenvalue weighted by Crippen LogP contribution is -2.12. The molecule has 0 saturated heterocycles. The number of ether oxygens (including phenoxy) is 3. The highest BCUT2D eigenvalue weighted by atomic mass is 127. The summed E-state index contributed by atoms with van der Waals surface area (Å²) in [5, 5.41) is 20.5. The number of thioether (sulfide) groups is 1. The Kier molecular flexibility index (Phi) is 9.88. The van der Waals surface area contributed by atoms with E-state index in [1.807, 2.05) is 43.3 Å². The van der Waals surface area contributed by atoms with Gasteiger partial charge in [-0.3, -0.25) is 0 Å². The summed E-state index contributed by atoms with van der Waals surface area (Å²) in [6.07, 6.45) is 1.76. The first-order chi connectivity index (χ1) is 19.3. The molecule has 1 aliphatic heterocycles. The number of benzene rings is 3. The lowest BCUT2D eigenvalue weighted by atomic mass is 10.1. The smallest absolute Gasteiger partial charge is 0.344 e. The van der Waals surface area contributed by atoms with Crippen molar-refractivity contribution in [2.45, 2.75) is 20.5 Å². The summed E-state index contributed by atoms with van der Waals surface area (Å²) in [6.45, 7) is 4.36. The molecule has 4 rings (SSSR count). The minimum Gasteiger partial charge on any atom is -0.506 e. The van der Waals surface area contributed by atoms with Crippen LogP contribution < -0.4 is 9.47 Å². The van der Waals surface area contributed by atoms with Crippen LogP contribution >= 0.6 is 34.4 Å². The number of hydrogen-bond acceptors (Lipinski definition) is 8. The van der Waals surface area contributed by atoms with E-state index >= 15 is 0 Å². The van der Waals surface area contributed by atoms with E-state index in [0.717, 1.165) is 14.7 Å². The van der Waals surface area contributed by atoms with Crippen molar-refractivity contribution >= 4 is 63.1 Å². The van der Waals surface area contributed by atoms with E-state index in [1.165, 1.54) is 23.9 Å². The molecule has 8 nitrogen and oxygen atoms in total. The van der Waals surface area contributed by atoms with Crippen molar-refractivity contribution in [2.24, 2.45) is 4.99 Å². The van der Waals surface area contributed by atoms with Crippen molar-refractivity contribution < 1.29 is 34.0 Å². The van der Waals surface area contributed by atoms with Gasteiger partial charge in [0, 0.05) is 0 Å². The Hall–Kier alpha value is -3.77. The van der Waals surface area contributed by atoms with Gasteiger partial charge in [0.15, 0.2) is 11.5 Å². The molecule has 0 radical (unpaired) electrons. The highest BCUT2D eigenvalue weighted by molar-refractivity contribution is 14.1. The number of carboxylic acid groups (broad SMARTS) is 1. The number of hydrogen-bond donors (Lipinski definition) is 2. The molecular formula is C30H26INO7S. The normalized spacial score (nSPS) is 15.0. The summed E-state index contributed by atoms with van der Waals surface area (Å²) in [7, 11) is 0. The van der Waals surface area contributed by atoms with Crippen molar-refractivity contribution in [1.29, 1.82) is 0 Å². The van der Waals surface area contributed by atoms with E-state index in [4.69, 9.17) is 19.3 Å². The van der Waals surface area contributed by atoms with E-state index in [0.29, 0.717) is 33.7 Å². The summed E-state index contributed by atoms with van der Waals surface area (Å²) in [6, 6.07) is 19.3. The average molecular weight is 672 g/mol. The van der Waals surface area contributed by atoms with Gasteiger partial charge in [-0.25, -0.2) is 14.6 Å². The number of aromatic carboxylic acids is 1. The molecule has 0 fully saturated rings. The molecule has 40 heavy (non-hydrogen) atoms. The van der Waals surface area contributed by atoms with Gasteiger partial charge in [-0.2, -0.15) is 0 Å². The van der Waals surface area contributed by atoms with Gasteiger partial charge in [-0.1, -0.05) is 42.1 Å². The zero-order valence-corrected chi connectivity index (χ0v) is 24.7. The van der Waals surface area contributed by atoms with E-state index in [-0.39, 0.29) is 30.1 Å². The standard InChI is InChI=1S/C30H26INO7S/c1-3-37-23-15-19(14-22(31)27(23)39-17-18-10-12-20(13-11-18)29(34)35)16-24-26(33)25(30(36)38-4-2)28(40-24)32-21-8-6-5-7-9-21/h5-16,33H,3-4,17H2,1-2H3,(H,34,35)/b24-16-,32-28?. The van der Waals surface area contributed by atoms with Crippen LogP contribution in [0, 0.1) is 3.57 Å². The van der Waals surface area contributed by atoms with Crippen molar-refractivity contribution in [3.8, 4) is 11.5 Å². The maximum absolute atomic E-state index is 12.7. The second-order valence-electron chi connectivity index (χ2n) is 8.36. The molecule has 0 amide bonds. The Morgan fingerprint density at radius 3 is 2.38 bits per heavy atom. The van der Waals surface area contributed by atoms with Gasteiger partial charge in [0.2, 0.25) is 0 Å². The molecule has 0 aliphatic carbocycles. The Balaban J connectivity index is 1.64. The van der Waals surface area contributed by atoms with E-state index in [9.17, 15) is 14.7 Å². The molecule has 1 aliphatic rings. The van der Waals surface area contributed by atoms with Crippen molar-refractivity contribution in [1.82, 2.24) is 0 Å². The summed E-state index contributed by atoms with van der Waals surface area (Å²) >= 11 is 3.33. The highest BCUT2D eigenvalue weighted by Crippen LogP contribution is 2.42. The second kappa shape index (κ2) is 13.5. The number of aliphatic hydroxyl groups excluding tert-OH is 1. The number of rotatable bonds is 10. The summed E-state index contributed by atoms with van der Waals surface area (Å²) < 4.78 is 17.9. The zero-order valence-electron chi connectivity index (χ0n) is 21.7. The molecule has 0 unspecified atom stereocenters. The quantitative estimate of drug-likeness (QED) is 0.173. The van der Waals surface area contributed by atoms with Gasteiger partial charge >= 0.3 is 11.9 Å². The summed E-state index contributed by atoms with van der Waals surface area (Å²) in [4.78, 5) is 28.8. The molecule has 1 heterocycles. The van der Waals surface area contributed by atoms with Crippen LogP contribution in [0.3, 0.4) is 0 Å². The predicted octanol–water partition coefficient (Wildman–Crippen LogP) is 7.16. The molecule has 0 aromatic heterocycles.